The van der Waals surface area contributed by atoms with Gasteiger partial charge in [-0.25, -0.2) is 4.39 Å². The van der Waals surface area contributed by atoms with E-state index in [0.717, 1.165) is 11.1 Å². The molecule has 2 aromatic carbocycles. The van der Waals surface area contributed by atoms with E-state index in [1.807, 2.05) is 26.0 Å². The quantitative estimate of drug-likeness (QED) is 0.814. The molecule has 0 saturated carbocycles. The third-order valence-electron chi connectivity index (χ3n) is 3.92. The number of aryl methyl sites for hydroxylation is 2. The summed E-state index contributed by atoms with van der Waals surface area (Å²) in [6, 6.07) is 9.82. The Labute approximate surface area is 154 Å². The zero-order valence-electron chi connectivity index (χ0n) is 14.9. The van der Waals surface area contributed by atoms with Gasteiger partial charge in [0, 0.05) is 22.2 Å². The Kier molecular flexibility index (Phi) is 6.63. The Morgan fingerprint density at radius 1 is 0.962 bits per heavy atom. The summed E-state index contributed by atoms with van der Waals surface area (Å²) in [6.07, 6.45) is 0. The second kappa shape index (κ2) is 8.71. The van der Waals surface area contributed by atoms with E-state index in [1.165, 1.54) is 6.07 Å². The third kappa shape index (κ3) is 5.49. The number of rotatable bonds is 6. The molecule has 138 valence electrons. The minimum atomic E-state index is -1.67. The molecule has 0 unspecified atom stereocenters. The van der Waals surface area contributed by atoms with Gasteiger partial charge in [-0.2, -0.15) is 0 Å². The van der Waals surface area contributed by atoms with Gasteiger partial charge in [-0.05, 0) is 55.7 Å². The van der Waals surface area contributed by atoms with E-state index in [2.05, 4.69) is 10.6 Å². The number of carbonyl (C=O) groups excluding carboxylic acids is 2. The normalized spacial score (nSPS) is 11.7. The van der Waals surface area contributed by atoms with Crippen LogP contribution in [0.1, 0.15) is 16.7 Å². The van der Waals surface area contributed by atoms with Crippen LogP contribution in [0.2, 0.25) is 0 Å². The summed E-state index contributed by atoms with van der Waals surface area (Å²) in [4.78, 5) is 23.9. The zero-order chi connectivity index (χ0) is 19.3. The van der Waals surface area contributed by atoms with Crippen LogP contribution in [-0.2, 0) is 20.4 Å². The monoisotopic (exact) mass is 376 g/mol. The molecule has 0 saturated heterocycles. The molecule has 2 amide bonds. The Balaban J connectivity index is 1.87. The second-order valence-electron chi connectivity index (χ2n) is 6.04. The second-order valence-corrected chi connectivity index (χ2v) is 7.49. The standard InChI is InChI=1S/C19H21FN2O3S/c1-12-5-4-6-17(14(12)3)22-19(24)11-26(25)10-18(23)21-15-8-7-13(2)16(20)9-15/h4-9H,10-11H2,1-3H3,(H,21,23)(H,22,24)/t26-/m1/s1. The first-order valence-corrected chi connectivity index (χ1v) is 9.52. The SMILES string of the molecule is Cc1ccc(NC(=O)C[S@@](=O)CC(=O)Nc2cccc(C)c2C)cc1F. The van der Waals surface area contributed by atoms with Crippen molar-refractivity contribution in [3.63, 3.8) is 0 Å². The molecule has 1 atom stereocenters. The van der Waals surface area contributed by atoms with Crippen molar-refractivity contribution in [2.45, 2.75) is 20.8 Å². The number of nitrogens with one attached hydrogen (secondary N) is 2. The van der Waals surface area contributed by atoms with E-state index in [1.54, 1.807) is 25.1 Å². The molecule has 0 fully saturated rings. The molecule has 2 aromatic rings. The molecule has 0 aromatic heterocycles. The van der Waals surface area contributed by atoms with E-state index in [0.29, 0.717) is 11.3 Å². The number of halogens is 1. The van der Waals surface area contributed by atoms with Crippen LogP contribution >= 0.6 is 0 Å². The van der Waals surface area contributed by atoms with Gasteiger partial charge >= 0.3 is 0 Å². The van der Waals surface area contributed by atoms with Crippen molar-refractivity contribution >= 4 is 34.0 Å². The van der Waals surface area contributed by atoms with Crippen LogP contribution in [0.15, 0.2) is 36.4 Å². The smallest absolute Gasteiger partial charge is 0.237 e. The highest BCUT2D eigenvalue weighted by atomic mass is 32.2. The van der Waals surface area contributed by atoms with Gasteiger partial charge in [-0.1, -0.05) is 18.2 Å². The Morgan fingerprint density at radius 3 is 2.27 bits per heavy atom. The summed E-state index contributed by atoms with van der Waals surface area (Å²) in [7, 11) is -1.67. The van der Waals surface area contributed by atoms with E-state index in [9.17, 15) is 18.2 Å². The number of carbonyl (C=O) groups is 2. The van der Waals surface area contributed by atoms with Crippen LogP contribution in [-0.4, -0.2) is 27.5 Å². The highest BCUT2D eigenvalue weighted by Crippen LogP contribution is 2.18. The van der Waals surface area contributed by atoms with E-state index >= 15 is 0 Å². The van der Waals surface area contributed by atoms with Crippen LogP contribution in [0.5, 0.6) is 0 Å². The maximum absolute atomic E-state index is 13.5. The molecule has 5 nitrogen and oxygen atoms in total. The first-order valence-electron chi connectivity index (χ1n) is 8.03. The van der Waals surface area contributed by atoms with Crippen molar-refractivity contribution < 1.29 is 18.2 Å². The van der Waals surface area contributed by atoms with Gasteiger partial charge in [-0.3, -0.25) is 13.8 Å². The molecule has 0 heterocycles. The van der Waals surface area contributed by atoms with Crippen LogP contribution < -0.4 is 10.6 Å². The molecule has 0 radical (unpaired) electrons. The Bertz CT molecular complexity index is 868. The maximum atomic E-state index is 13.5. The van der Waals surface area contributed by atoms with E-state index in [4.69, 9.17) is 0 Å². The minimum Gasteiger partial charge on any atom is -0.325 e. The molecule has 0 aliphatic rings. The van der Waals surface area contributed by atoms with E-state index < -0.39 is 28.4 Å². The van der Waals surface area contributed by atoms with Gasteiger partial charge in [0.2, 0.25) is 11.8 Å². The molecule has 0 aliphatic carbocycles. The van der Waals surface area contributed by atoms with Crippen LogP contribution in [0, 0.1) is 26.6 Å². The van der Waals surface area contributed by atoms with Gasteiger partial charge in [0.15, 0.2) is 0 Å². The largest absolute Gasteiger partial charge is 0.325 e. The van der Waals surface area contributed by atoms with E-state index in [-0.39, 0.29) is 17.2 Å². The van der Waals surface area contributed by atoms with Gasteiger partial charge in [0.1, 0.15) is 17.3 Å². The molecular weight excluding hydrogens is 355 g/mol. The number of anilines is 2. The average Bonchev–Trinajstić information content (AvgIpc) is 2.55. The van der Waals surface area contributed by atoms with Crippen molar-refractivity contribution in [2.24, 2.45) is 0 Å². The minimum absolute atomic E-state index is 0.287. The van der Waals surface area contributed by atoms with Gasteiger partial charge in [0.05, 0.1) is 0 Å². The summed E-state index contributed by atoms with van der Waals surface area (Å²) in [5.74, 6) is -2.02. The van der Waals surface area contributed by atoms with Crippen molar-refractivity contribution in [1.82, 2.24) is 0 Å². The number of amides is 2. The fraction of sp³-hybridized carbons (Fsp3) is 0.263. The molecule has 2 rings (SSSR count). The number of benzene rings is 2. The average molecular weight is 376 g/mol. The van der Waals surface area contributed by atoms with Crippen LogP contribution in [0.3, 0.4) is 0 Å². The molecule has 0 aliphatic heterocycles. The summed E-state index contributed by atoms with van der Waals surface area (Å²) < 4.78 is 25.5. The van der Waals surface area contributed by atoms with Crippen molar-refractivity contribution in [3.8, 4) is 0 Å². The number of hydrogen-bond donors (Lipinski definition) is 2. The van der Waals surface area contributed by atoms with Crippen molar-refractivity contribution in [2.75, 3.05) is 22.1 Å². The molecule has 0 spiro atoms. The topological polar surface area (TPSA) is 75.3 Å². The lowest BCUT2D eigenvalue weighted by Crippen LogP contribution is -2.26. The number of hydrogen-bond acceptors (Lipinski definition) is 3. The molecular formula is C19H21FN2O3S. The molecule has 2 N–H and O–H groups in total. The lowest BCUT2D eigenvalue weighted by molar-refractivity contribution is -0.114. The molecule has 26 heavy (non-hydrogen) atoms. The van der Waals surface area contributed by atoms with Gasteiger partial charge in [0.25, 0.3) is 0 Å². The summed E-state index contributed by atoms with van der Waals surface area (Å²) in [5, 5.41) is 5.18. The molecule has 7 heteroatoms. The predicted molar refractivity (Wildman–Crippen MR) is 102 cm³/mol. The van der Waals surface area contributed by atoms with Gasteiger partial charge in [-0.15, -0.1) is 0 Å². The third-order valence-corrected chi connectivity index (χ3v) is 5.09. The lowest BCUT2D eigenvalue weighted by atomic mass is 10.1. The Morgan fingerprint density at radius 2 is 1.62 bits per heavy atom. The highest BCUT2D eigenvalue weighted by molar-refractivity contribution is 7.86. The van der Waals surface area contributed by atoms with Crippen LogP contribution in [0.4, 0.5) is 15.8 Å². The summed E-state index contributed by atoms with van der Waals surface area (Å²) >= 11 is 0. The van der Waals surface area contributed by atoms with Crippen molar-refractivity contribution in [1.29, 1.82) is 0 Å². The zero-order valence-corrected chi connectivity index (χ0v) is 15.7. The summed E-state index contributed by atoms with van der Waals surface area (Å²) in [6.45, 7) is 5.43. The van der Waals surface area contributed by atoms with Crippen molar-refractivity contribution in [3.05, 3.63) is 58.9 Å². The first-order chi connectivity index (χ1) is 12.3. The van der Waals surface area contributed by atoms with Gasteiger partial charge < -0.3 is 10.6 Å². The fourth-order valence-corrected chi connectivity index (χ4v) is 3.12. The lowest BCUT2D eigenvalue weighted by Gasteiger charge is -2.10. The summed E-state index contributed by atoms with van der Waals surface area (Å²) in [5.41, 5.74) is 3.38. The highest BCUT2D eigenvalue weighted by Gasteiger charge is 2.14. The Hall–Kier alpha value is -2.54. The molecule has 0 bridgehead atoms. The first kappa shape index (κ1) is 19.8. The van der Waals surface area contributed by atoms with Crippen LogP contribution in [0.25, 0.3) is 0 Å². The predicted octanol–water partition coefficient (Wildman–Crippen LogP) is 3.08. The fourth-order valence-electron chi connectivity index (χ4n) is 2.28. The maximum Gasteiger partial charge on any atom is 0.237 e.